The van der Waals surface area contributed by atoms with Gasteiger partial charge in [-0.25, -0.2) is 9.67 Å². The Kier molecular flexibility index (Phi) is 3.30. The van der Waals surface area contributed by atoms with Crippen LogP contribution in [0.1, 0.15) is 0 Å². The molecule has 104 valence electrons. The highest BCUT2D eigenvalue weighted by Crippen LogP contribution is 2.07. The zero-order valence-electron chi connectivity index (χ0n) is 12.9. The highest BCUT2D eigenvalue weighted by molar-refractivity contribution is 6.88. The third-order valence-electron chi connectivity index (χ3n) is 3.13. The summed E-state index contributed by atoms with van der Waals surface area (Å²) in [5, 5.41) is 9.71. The first-order valence-electron chi connectivity index (χ1n) is 6.56. The van der Waals surface area contributed by atoms with Crippen LogP contribution in [0.25, 0.3) is 5.82 Å². The molecule has 7 heteroatoms. The van der Waals surface area contributed by atoms with Crippen LogP contribution >= 0.6 is 0 Å². The van der Waals surface area contributed by atoms with Crippen molar-refractivity contribution < 1.29 is 0 Å². The minimum atomic E-state index is -1.42. The standard InChI is InChI=1S/C12H23N5Si2/c1-16-11(8-13-12(16)19(5,6)7)17-9-10(14-15-17)18(2,3)4/h8-9H,1-7H3. The van der Waals surface area contributed by atoms with Crippen LogP contribution in [0.2, 0.25) is 39.3 Å². The molecule has 0 aliphatic heterocycles. The van der Waals surface area contributed by atoms with Gasteiger partial charge in [0.05, 0.1) is 23.2 Å². The van der Waals surface area contributed by atoms with E-state index >= 15 is 0 Å². The smallest absolute Gasteiger partial charge is 0.155 e. The van der Waals surface area contributed by atoms with Gasteiger partial charge < -0.3 is 4.57 Å². The lowest BCUT2D eigenvalue weighted by Gasteiger charge is -2.16. The largest absolute Gasteiger partial charge is 0.320 e. The minimum absolute atomic E-state index is 0.995. The molecule has 0 N–H and O–H groups in total. The molecule has 2 rings (SSSR count). The van der Waals surface area contributed by atoms with Gasteiger partial charge in [0.25, 0.3) is 0 Å². The van der Waals surface area contributed by atoms with E-state index in [2.05, 4.69) is 72.4 Å². The Morgan fingerprint density at radius 1 is 1.00 bits per heavy atom. The fourth-order valence-electron chi connectivity index (χ4n) is 2.03. The molecule has 0 aliphatic rings. The Hall–Kier alpha value is -1.22. The third-order valence-corrected chi connectivity index (χ3v) is 6.70. The lowest BCUT2D eigenvalue weighted by Crippen LogP contribution is -2.44. The van der Waals surface area contributed by atoms with Crippen molar-refractivity contribution in [3.63, 3.8) is 0 Å². The predicted molar refractivity (Wildman–Crippen MR) is 84.1 cm³/mol. The van der Waals surface area contributed by atoms with E-state index in [9.17, 15) is 0 Å². The van der Waals surface area contributed by atoms with Crippen molar-refractivity contribution in [3.05, 3.63) is 12.4 Å². The average Bonchev–Trinajstić information content (AvgIpc) is 2.80. The molecular weight excluding hydrogens is 270 g/mol. The van der Waals surface area contributed by atoms with Crippen LogP contribution < -0.4 is 10.8 Å². The molecule has 2 heterocycles. The predicted octanol–water partition coefficient (Wildman–Crippen LogP) is 1.09. The van der Waals surface area contributed by atoms with Crippen molar-refractivity contribution in [2.45, 2.75) is 39.3 Å². The fraction of sp³-hybridized carbons (Fsp3) is 0.583. The molecule has 0 spiro atoms. The SMILES string of the molecule is Cn1c(-n2cc([Si](C)(C)C)nn2)cnc1[Si](C)(C)C. The summed E-state index contributed by atoms with van der Waals surface area (Å²) in [6.07, 6.45) is 3.95. The van der Waals surface area contributed by atoms with Crippen LogP contribution in [-0.2, 0) is 7.05 Å². The van der Waals surface area contributed by atoms with Crippen LogP contribution in [0.4, 0.5) is 0 Å². The fourth-order valence-corrected chi connectivity index (χ4v) is 4.46. The van der Waals surface area contributed by atoms with Gasteiger partial charge >= 0.3 is 0 Å². The molecule has 0 unspecified atom stereocenters. The molecule has 0 amide bonds. The van der Waals surface area contributed by atoms with Crippen LogP contribution in [0.5, 0.6) is 0 Å². The van der Waals surface area contributed by atoms with Crippen LogP contribution in [0.15, 0.2) is 12.4 Å². The summed E-state index contributed by atoms with van der Waals surface area (Å²) in [6.45, 7) is 13.7. The van der Waals surface area contributed by atoms with Crippen molar-refractivity contribution in [3.8, 4) is 5.82 Å². The first-order chi connectivity index (χ1) is 8.60. The highest BCUT2D eigenvalue weighted by atomic mass is 28.3. The van der Waals surface area contributed by atoms with Crippen molar-refractivity contribution in [1.82, 2.24) is 24.5 Å². The number of rotatable bonds is 3. The van der Waals surface area contributed by atoms with E-state index in [1.807, 2.05) is 10.9 Å². The second-order valence-electron chi connectivity index (χ2n) is 7.05. The van der Waals surface area contributed by atoms with Crippen molar-refractivity contribution in [2.75, 3.05) is 0 Å². The van der Waals surface area contributed by atoms with Gasteiger partial charge in [-0.05, 0) is 0 Å². The number of hydrogen-bond acceptors (Lipinski definition) is 3. The number of aromatic nitrogens is 5. The summed E-state index contributed by atoms with van der Waals surface area (Å²) in [7, 11) is -0.767. The maximum atomic E-state index is 4.58. The molecule has 0 atom stereocenters. The number of nitrogens with zero attached hydrogens (tertiary/aromatic N) is 5. The van der Waals surface area contributed by atoms with Gasteiger partial charge in [-0.15, -0.1) is 5.10 Å². The molecule has 5 nitrogen and oxygen atoms in total. The third kappa shape index (κ3) is 2.71. The minimum Gasteiger partial charge on any atom is -0.320 e. The molecule has 0 aromatic carbocycles. The Balaban J connectivity index is 2.44. The molecule has 0 saturated carbocycles. The van der Waals surface area contributed by atoms with Crippen molar-refractivity contribution in [2.24, 2.45) is 7.05 Å². The topological polar surface area (TPSA) is 48.5 Å². The van der Waals surface area contributed by atoms with E-state index in [0.717, 1.165) is 11.1 Å². The summed E-state index contributed by atoms with van der Waals surface area (Å²) in [5.41, 5.74) is 1.19. The normalized spacial score (nSPS) is 13.0. The molecule has 0 saturated heterocycles. The van der Waals surface area contributed by atoms with Crippen molar-refractivity contribution in [1.29, 1.82) is 0 Å². The summed E-state index contributed by atoms with van der Waals surface area (Å²) in [5.74, 6) is 0.995. The van der Waals surface area contributed by atoms with Gasteiger partial charge in [0.2, 0.25) is 0 Å². The number of hydrogen-bond donors (Lipinski definition) is 0. The first kappa shape index (κ1) is 14.2. The summed E-state index contributed by atoms with van der Waals surface area (Å²) in [4.78, 5) is 4.58. The van der Waals surface area contributed by atoms with E-state index in [0.29, 0.717) is 0 Å². The van der Waals surface area contributed by atoms with E-state index in [1.54, 1.807) is 0 Å². The van der Waals surface area contributed by atoms with Gasteiger partial charge in [0, 0.05) is 7.05 Å². The maximum absolute atomic E-state index is 4.58. The lowest BCUT2D eigenvalue weighted by atomic mass is 10.7. The molecule has 19 heavy (non-hydrogen) atoms. The average molecular weight is 294 g/mol. The van der Waals surface area contributed by atoms with Crippen LogP contribution in [0, 0.1) is 0 Å². The Bertz CT molecular complexity index is 586. The van der Waals surface area contributed by atoms with E-state index in [1.165, 1.54) is 5.45 Å². The van der Waals surface area contributed by atoms with E-state index < -0.39 is 16.1 Å². The van der Waals surface area contributed by atoms with Crippen LogP contribution in [-0.4, -0.2) is 40.7 Å². The lowest BCUT2D eigenvalue weighted by molar-refractivity contribution is 0.742. The van der Waals surface area contributed by atoms with E-state index in [4.69, 9.17) is 0 Å². The zero-order valence-corrected chi connectivity index (χ0v) is 14.9. The Morgan fingerprint density at radius 2 is 1.63 bits per heavy atom. The molecule has 2 aromatic heterocycles. The van der Waals surface area contributed by atoms with Crippen LogP contribution in [0.3, 0.4) is 0 Å². The molecule has 0 fully saturated rings. The van der Waals surface area contributed by atoms with Crippen molar-refractivity contribution >= 4 is 26.9 Å². The van der Waals surface area contributed by atoms with Gasteiger partial charge in [-0.1, -0.05) is 44.5 Å². The Morgan fingerprint density at radius 3 is 2.05 bits per heavy atom. The second-order valence-corrected chi connectivity index (χ2v) is 17.0. The highest BCUT2D eigenvalue weighted by Gasteiger charge is 2.25. The quantitative estimate of drug-likeness (QED) is 0.796. The molecule has 0 aliphatic carbocycles. The van der Waals surface area contributed by atoms with Gasteiger partial charge in [-0.3, -0.25) is 0 Å². The molecular formula is C12H23N5Si2. The molecule has 0 bridgehead atoms. The zero-order chi connectivity index (χ0) is 14.4. The first-order valence-corrected chi connectivity index (χ1v) is 13.6. The maximum Gasteiger partial charge on any atom is 0.155 e. The number of imidazole rings is 1. The molecule has 2 aromatic rings. The van der Waals surface area contributed by atoms with Gasteiger partial charge in [0.15, 0.2) is 5.82 Å². The summed E-state index contributed by atoms with van der Waals surface area (Å²) in [6, 6.07) is 0. The van der Waals surface area contributed by atoms with E-state index in [-0.39, 0.29) is 0 Å². The monoisotopic (exact) mass is 293 g/mol. The molecule has 0 radical (unpaired) electrons. The van der Waals surface area contributed by atoms with Gasteiger partial charge in [0.1, 0.15) is 16.1 Å². The summed E-state index contributed by atoms with van der Waals surface area (Å²) >= 11 is 0. The van der Waals surface area contributed by atoms with Gasteiger partial charge in [-0.2, -0.15) is 0 Å². The summed E-state index contributed by atoms with van der Waals surface area (Å²) < 4.78 is 4.00. The Labute approximate surface area is 116 Å². The second kappa shape index (κ2) is 4.41.